The van der Waals surface area contributed by atoms with Gasteiger partial charge in [0, 0.05) is 29.3 Å². The van der Waals surface area contributed by atoms with E-state index in [-0.39, 0.29) is 17.6 Å². The molecule has 5 nitrogen and oxygen atoms in total. The summed E-state index contributed by atoms with van der Waals surface area (Å²) in [6.45, 7) is 9.54. The van der Waals surface area contributed by atoms with Crippen LogP contribution in [0.25, 0.3) is 11.1 Å². The Balaban J connectivity index is 1.41. The summed E-state index contributed by atoms with van der Waals surface area (Å²) in [6, 6.07) is 22.1. The van der Waals surface area contributed by atoms with E-state index < -0.39 is 0 Å². The van der Waals surface area contributed by atoms with E-state index in [2.05, 4.69) is 25.7 Å². The molecular formula is C31H35NO4. The Kier molecular flexibility index (Phi) is 6.67. The van der Waals surface area contributed by atoms with E-state index >= 15 is 0 Å². The fourth-order valence-corrected chi connectivity index (χ4v) is 5.84. The van der Waals surface area contributed by atoms with Crippen molar-refractivity contribution in [2.45, 2.75) is 64.8 Å². The van der Waals surface area contributed by atoms with Crippen LogP contribution in [-0.4, -0.2) is 39.8 Å². The highest BCUT2D eigenvalue weighted by Crippen LogP contribution is 2.47. The van der Waals surface area contributed by atoms with Crippen molar-refractivity contribution < 1.29 is 19.7 Å². The van der Waals surface area contributed by atoms with Crippen LogP contribution in [-0.2, 0) is 0 Å². The lowest BCUT2D eigenvalue weighted by Crippen LogP contribution is -2.43. The van der Waals surface area contributed by atoms with Crippen LogP contribution in [0.5, 0.6) is 23.0 Å². The van der Waals surface area contributed by atoms with Gasteiger partial charge in [-0.15, -0.1) is 0 Å². The minimum absolute atomic E-state index is 0.193. The molecule has 0 spiro atoms. The molecule has 0 saturated carbocycles. The van der Waals surface area contributed by atoms with Crippen molar-refractivity contribution in [3.05, 3.63) is 83.4 Å². The molecule has 3 aromatic rings. The smallest absolute Gasteiger partial charge is 0.150 e. The largest absolute Gasteiger partial charge is 0.508 e. The average molecular weight is 486 g/mol. The Morgan fingerprint density at radius 2 is 1.64 bits per heavy atom. The van der Waals surface area contributed by atoms with Crippen LogP contribution in [0.2, 0.25) is 0 Å². The SMILES string of the molecule is CC1=C(c2cccc(O)c2)C(c2ccc(OC[C@H](C)N3[C@H](C)CC[C@H]3C)cc2)Oc2ccc(O)cc21. The molecule has 0 bridgehead atoms. The number of phenolic OH excluding ortho intramolecular Hbond substituents is 2. The molecule has 188 valence electrons. The number of allylic oxidation sites excluding steroid dienone is 1. The van der Waals surface area contributed by atoms with Crippen molar-refractivity contribution in [1.82, 2.24) is 4.90 Å². The van der Waals surface area contributed by atoms with Gasteiger partial charge in [-0.2, -0.15) is 0 Å². The Morgan fingerprint density at radius 3 is 2.33 bits per heavy atom. The standard InChI is InChI=1S/C31H35NO4/c1-19-8-9-20(2)32(19)21(3)18-35-27-13-10-23(11-14-27)31-30(24-6-5-7-25(33)16-24)22(4)28-17-26(34)12-15-29(28)36-31/h5-7,10-17,19-21,31,33-34H,8-9,18H2,1-4H3/t19-,20-,21+,31?/m1/s1. The summed E-state index contributed by atoms with van der Waals surface area (Å²) in [5.74, 6) is 1.96. The van der Waals surface area contributed by atoms with Gasteiger partial charge in [-0.05, 0) is 99.7 Å². The number of rotatable bonds is 6. The highest BCUT2D eigenvalue weighted by molar-refractivity contribution is 5.95. The third-order valence-corrected chi connectivity index (χ3v) is 7.64. The zero-order valence-electron chi connectivity index (χ0n) is 21.4. The summed E-state index contributed by atoms with van der Waals surface area (Å²) in [4.78, 5) is 2.56. The number of ether oxygens (including phenoxy) is 2. The first-order valence-corrected chi connectivity index (χ1v) is 12.8. The predicted octanol–water partition coefficient (Wildman–Crippen LogP) is 6.80. The summed E-state index contributed by atoms with van der Waals surface area (Å²) < 4.78 is 12.7. The van der Waals surface area contributed by atoms with Crippen LogP contribution in [0.15, 0.2) is 66.7 Å². The number of hydrogen-bond donors (Lipinski definition) is 2. The van der Waals surface area contributed by atoms with E-state index in [0.717, 1.165) is 39.3 Å². The van der Waals surface area contributed by atoms with Crippen molar-refractivity contribution in [1.29, 1.82) is 0 Å². The molecule has 3 aromatic carbocycles. The molecule has 2 heterocycles. The van der Waals surface area contributed by atoms with Gasteiger partial charge in [-0.25, -0.2) is 0 Å². The fourth-order valence-electron chi connectivity index (χ4n) is 5.84. The number of benzene rings is 3. The molecule has 0 amide bonds. The summed E-state index contributed by atoms with van der Waals surface area (Å²) in [6.07, 6.45) is 2.14. The molecular weight excluding hydrogens is 450 g/mol. The zero-order valence-corrected chi connectivity index (χ0v) is 21.4. The molecule has 1 fully saturated rings. The van der Waals surface area contributed by atoms with E-state index in [0.29, 0.717) is 24.7 Å². The number of likely N-dealkylation sites (tertiary alicyclic amines) is 1. The molecule has 4 atom stereocenters. The molecule has 0 aliphatic carbocycles. The molecule has 1 unspecified atom stereocenters. The van der Waals surface area contributed by atoms with Crippen molar-refractivity contribution in [3.63, 3.8) is 0 Å². The summed E-state index contributed by atoms with van der Waals surface area (Å²) in [5.41, 5.74) is 4.70. The van der Waals surface area contributed by atoms with Gasteiger partial charge in [0.1, 0.15) is 35.7 Å². The minimum atomic E-state index is -0.358. The van der Waals surface area contributed by atoms with Gasteiger partial charge in [-0.3, -0.25) is 4.90 Å². The fraction of sp³-hybridized carbons (Fsp3) is 0.355. The van der Waals surface area contributed by atoms with Gasteiger partial charge >= 0.3 is 0 Å². The first-order chi connectivity index (χ1) is 17.3. The van der Waals surface area contributed by atoms with E-state index in [1.54, 1.807) is 30.3 Å². The lowest BCUT2D eigenvalue weighted by Gasteiger charge is -2.32. The zero-order chi connectivity index (χ0) is 25.4. The van der Waals surface area contributed by atoms with Gasteiger partial charge in [-0.1, -0.05) is 24.3 Å². The quantitative estimate of drug-likeness (QED) is 0.402. The molecule has 36 heavy (non-hydrogen) atoms. The van der Waals surface area contributed by atoms with Gasteiger partial charge < -0.3 is 19.7 Å². The normalized spacial score (nSPS) is 22.7. The number of phenols is 2. The lowest BCUT2D eigenvalue weighted by atomic mass is 9.86. The van der Waals surface area contributed by atoms with Gasteiger partial charge in [0.15, 0.2) is 0 Å². The summed E-state index contributed by atoms with van der Waals surface area (Å²) >= 11 is 0. The monoisotopic (exact) mass is 485 g/mol. The second-order valence-corrected chi connectivity index (χ2v) is 10.2. The molecule has 2 aliphatic rings. The Bertz CT molecular complexity index is 1260. The van der Waals surface area contributed by atoms with Crippen LogP contribution in [0.4, 0.5) is 0 Å². The maximum atomic E-state index is 10.2. The molecule has 0 aromatic heterocycles. The molecule has 2 N–H and O–H groups in total. The van der Waals surface area contributed by atoms with Gasteiger partial charge in [0.2, 0.25) is 0 Å². The minimum Gasteiger partial charge on any atom is -0.508 e. The third kappa shape index (κ3) is 4.68. The average Bonchev–Trinajstić information content (AvgIpc) is 3.21. The number of aromatic hydroxyl groups is 2. The van der Waals surface area contributed by atoms with Crippen molar-refractivity contribution >= 4 is 11.1 Å². The van der Waals surface area contributed by atoms with Crippen LogP contribution < -0.4 is 9.47 Å². The van der Waals surface area contributed by atoms with Crippen molar-refractivity contribution in [3.8, 4) is 23.0 Å². The van der Waals surface area contributed by atoms with E-state index in [9.17, 15) is 10.2 Å². The Hall–Kier alpha value is -3.44. The van der Waals surface area contributed by atoms with Crippen LogP contribution in [0.3, 0.4) is 0 Å². The van der Waals surface area contributed by atoms with Crippen molar-refractivity contribution in [2.75, 3.05) is 6.61 Å². The van der Waals surface area contributed by atoms with E-state index in [1.165, 1.54) is 12.8 Å². The second kappa shape index (κ2) is 9.90. The number of hydrogen-bond acceptors (Lipinski definition) is 5. The third-order valence-electron chi connectivity index (χ3n) is 7.64. The molecule has 1 saturated heterocycles. The summed E-state index contributed by atoms with van der Waals surface area (Å²) in [5, 5.41) is 20.2. The maximum Gasteiger partial charge on any atom is 0.150 e. The number of nitrogens with zero attached hydrogens (tertiary/aromatic N) is 1. The van der Waals surface area contributed by atoms with E-state index in [1.807, 2.05) is 43.3 Å². The highest BCUT2D eigenvalue weighted by Gasteiger charge is 2.32. The first-order valence-electron chi connectivity index (χ1n) is 12.8. The Morgan fingerprint density at radius 1 is 0.944 bits per heavy atom. The predicted molar refractivity (Wildman–Crippen MR) is 143 cm³/mol. The topological polar surface area (TPSA) is 62.2 Å². The summed E-state index contributed by atoms with van der Waals surface area (Å²) in [7, 11) is 0. The van der Waals surface area contributed by atoms with Gasteiger partial charge in [0.25, 0.3) is 0 Å². The Labute approximate surface area is 213 Å². The van der Waals surface area contributed by atoms with Crippen molar-refractivity contribution in [2.24, 2.45) is 0 Å². The molecule has 0 radical (unpaired) electrons. The molecule has 5 heteroatoms. The highest BCUT2D eigenvalue weighted by atomic mass is 16.5. The molecule has 5 rings (SSSR count). The lowest BCUT2D eigenvalue weighted by molar-refractivity contribution is 0.109. The molecule has 2 aliphatic heterocycles. The van der Waals surface area contributed by atoms with Gasteiger partial charge in [0.05, 0.1) is 0 Å². The van der Waals surface area contributed by atoms with E-state index in [4.69, 9.17) is 9.47 Å². The van der Waals surface area contributed by atoms with Crippen LogP contribution >= 0.6 is 0 Å². The van der Waals surface area contributed by atoms with Crippen LogP contribution in [0.1, 0.15) is 63.3 Å². The maximum absolute atomic E-state index is 10.2. The first kappa shape index (κ1) is 24.3. The second-order valence-electron chi connectivity index (χ2n) is 10.2. The van der Waals surface area contributed by atoms with Crippen LogP contribution in [0, 0.1) is 0 Å². The number of fused-ring (bicyclic) bond motifs is 1.